The zero-order valence-corrected chi connectivity index (χ0v) is 17.3. The van der Waals surface area contributed by atoms with Gasteiger partial charge in [-0.05, 0) is 11.5 Å². The van der Waals surface area contributed by atoms with E-state index in [1.165, 1.54) is 11.8 Å². The van der Waals surface area contributed by atoms with Crippen LogP contribution in [-0.4, -0.2) is 61.7 Å². The molecule has 0 heterocycles. The lowest BCUT2D eigenvalue weighted by Gasteiger charge is -2.21. The van der Waals surface area contributed by atoms with E-state index in [1.54, 1.807) is 0 Å². The Labute approximate surface area is 156 Å². The van der Waals surface area contributed by atoms with Crippen molar-refractivity contribution in [2.24, 2.45) is 5.73 Å². The second-order valence-electron chi connectivity index (χ2n) is 3.83. The maximum Gasteiger partial charge on any atom is 0.151 e. The first-order chi connectivity index (χ1) is 9.63. The van der Waals surface area contributed by atoms with Gasteiger partial charge < -0.3 is 5.73 Å². The van der Waals surface area contributed by atoms with Gasteiger partial charge in [0.25, 0.3) is 0 Å². The van der Waals surface area contributed by atoms with Crippen LogP contribution in [0.3, 0.4) is 0 Å². The molecule has 0 aliphatic rings. The molecule has 0 aromatic carbocycles. The van der Waals surface area contributed by atoms with Gasteiger partial charge >= 0.3 is 0 Å². The molecule has 0 saturated carbocycles. The Balaban J connectivity index is 4.15. The Kier molecular flexibility index (Phi) is 17.3. The fourth-order valence-electron chi connectivity index (χ4n) is 1.28. The molecule has 20 heavy (non-hydrogen) atoms. The molecule has 0 spiro atoms. The molecule has 0 radical (unpaired) electrons. The highest BCUT2D eigenvalue weighted by molar-refractivity contribution is 8.14. The van der Waals surface area contributed by atoms with Crippen molar-refractivity contribution in [3.05, 3.63) is 0 Å². The van der Waals surface area contributed by atoms with E-state index in [-0.39, 0.29) is 5.17 Å². The summed E-state index contributed by atoms with van der Waals surface area (Å²) in [4.78, 5) is 0. The summed E-state index contributed by atoms with van der Waals surface area (Å²) in [5, 5.41) is 8.63. The number of nitrogens with one attached hydrogen (secondary N) is 1. The molecule has 2 nitrogen and oxygen atoms in total. The second kappa shape index (κ2) is 15.8. The summed E-state index contributed by atoms with van der Waals surface area (Å²) < 4.78 is 0. The van der Waals surface area contributed by atoms with Crippen molar-refractivity contribution in [3.8, 4) is 0 Å². The van der Waals surface area contributed by atoms with Crippen molar-refractivity contribution in [1.82, 2.24) is 0 Å². The van der Waals surface area contributed by atoms with Gasteiger partial charge in [0.05, 0.1) is 0 Å². The van der Waals surface area contributed by atoms with Gasteiger partial charge in [-0.15, -0.1) is 0 Å². The first kappa shape index (κ1) is 21.9. The summed E-state index contributed by atoms with van der Waals surface area (Å²) in [5.41, 5.74) is 5.45. The molecule has 0 saturated heterocycles. The molecule has 0 rings (SSSR count). The number of thiol groups is 3. The summed E-state index contributed by atoms with van der Waals surface area (Å²) in [6, 6.07) is 0. The molecule has 0 aromatic rings. The van der Waals surface area contributed by atoms with Crippen LogP contribution < -0.4 is 5.73 Å². The highest BCUT2D eigenvalue weighted by atomic mass is 32.2. The van der Waals surface area contributed by atoms with Gasteiger partial charge in [0.15, 0.2) is 5.17 Å². The van der Waals surface area contributed by atoms with Crippen molar-refractivity contribution in [3.63, 3.8) is 0 Å². The Bertz CT molecular complexity index is 243. The predicted molar refractivity (Wildman–Crippen MR) is 116 cm³/mol. The first-order valence-electron chi connectivity index (χ1n) is 6.24. The lowest BCUT2D eigenvalue weighted by Crippen LogP contribution is -2.21. The van der Waals surface area contributed by atoms with Gasteiger partial charge in [0.1, 0.15) is 0 Å². The average Bonchev–Trinajstić information content (AvgIpc) is 2.43. The maximum atomic E-state index is 7.35. The van der Waals surface area contributed by atoms with Crippen LogP contribution in [-0.2, 0) is 0 Å². The minimum Gasteiger partial charge on any atom is -0.379 e. The zero-order valence-electron chi connectivity index (χ0n) is 11.4. The van der Waals surface area contributed by atoms with E-state index in [4.69, 9.17) is 11.1 Å². The van der Waals surface area contributed by atoms with Crippen molar-refractivity contribution >= 4 is 90.1 Å². The summed E-state index contributed by atoms with van der Waals surface area (Å²) in [6.45, 7) is 0. The fraction of sp³-hybridized carbons (Fsp3) is 0.909. The predicted octanol–water partition coefficient (Wildman–Crippen LogP) is 3.34. The highest BCUT2D eigenvalue weighted by Gasteiger charge is 2.17. The van der Waals surface area contributed by atoms with Crippen molar-refractivity contribution in [1.29, 1.82) is 5.41 Å². The van der Waals surface area contributed by atoms with Crippen LogP contribution in [0.5, 0.6) is 0 Å². The standard InChI is InChI=1S/C11H24N2S7/c12-11(13)19-8-10(7-18-4-2-15)20-9(5-16)6-17-3-1-14/h9-10,14-16H,1-8H2,(H3,12,13). The molecule has 9 heteroatoms. The molecule has 0 fully saturated rings. The summed E-state index contributed by atoms with van der Waals surface area (Å²) in [7, 11) is 0. The molecule has 0 aromatic heterocycles. The van der Waals surface area contributed by atoms with Crippen LogP contribution in [0.25, 0.3) is 0 Å². The molecular weight excluding hydrogens is 385 g/mol. The van der Waals surface area contributed by atoms with Crippen molar-refractivity contribution in [2.45, 2.75) is 10.5 Å². The lowest BCUT2D eigenvalue weighted by molar-refractivity contribution is 1.09. The molecular formula is C11H24N2S7. The first-order valence-corrected chi connectivity index (χ1v) is 12.4. The third-order valence-corrected chi connectivity index (χ3v) is 9.04. The number of hydrogen-bond acceptors (Lipinski definition) is 8. The van der Waals surface area contributed by atoms with Gasteiger partial charge in [-0.25, -0.2) is 0 Å². The number of amidine groups is 1. The molecule has 2 unspecified atom stereocenters. The van der Waals surface area contributed by atoms with E-state index in [0.29, 0.717) is 10.5 Å². The van der Waals surface area contributed by atoms with Crippen molar-refractivity contribution < 1.29 is 0 Å². The Hall–Kier alpha value is 1.92. The second-order valence-corrected chi connectivity index (χ2v) is 10.1. The number of rotatable bonds is 13. The van der Waals surface area contributed by atoms with Gasteiger partial charge in [0.2, 0.25) is 0 Å². The third kappa shape index (κ3) is 13.6. The molecule has 0 amide bonds. The molecule has 0 aliphatic carbocycles. The lowest BCUT2D eigenvalue weighted by atomic mass is 10.5. The normalized spacial score (nSPS) is 14.2. The Morgan fingerprint density at radius 1 is 0.950 bits per heavy atom. The molecule has 0 bridgehead atoms. The van der Waals surface area contributed by atoms with Crippen LogP contribution in [0, 0.1) is 5.41 Å². The summed E-state index contributed by atoms with van der Waals surface area (Å²) in [5.74, 6) is 8.01. The molecule has 120 valence electrons. The van der Waals surface area contributed by atoms with Gasteiger partial charge in [-0.1, -0.05) is 11.8 Å². The largest absolute Gasteiger partial charge is 0.379 e. The van der Waals surface area contributed by atoms with Crippen LogP contribution in [0.2, 0.25) is 0 Å². The van der Waals surface area contributed by atoms with Gasteiger partial charge in [-0.2, -0.15) is 73.2 Å². The van der Waals surface area contributed by atoms with Gasteiger partial charge in [-0.3, -0.25) is 5.41 Å². The summed E-state index contributed by atoms with van der Waals surface area (Å²) in [6.07, 6.45) is 0. The fourth-order valence-corrected chi connectivity index (χ4v) is 6.95. The van der Waals surface area contributed by atoms with Gasteiger partial charge in [0, 0.05) is 45.0 Å². The van der Waals surface area contributed by atoms with Crippen LogP contribution in [0.15, 0.2) is 0 Å². The number of nitrogens with two attached hydrogens (primary N) is 1. The Morgan fingerprint density at radius 2 is 1.50 bits per heavy atom. The maximum absolute atomic E-state index is 7.35. The van der Waals surface area contributed by atoms with Crippen LogP contribution >= 0.6 is 84.9 Å². The minimum atomic E-state index is 0.210. The smallest absolute Gasteiger partial charge is 0.151 e. The molecule has 3 N–H and O–H groups in total. The minimum absolute atomic E-state index is 0.210. The Morgan fingerprint density at radius 3 is 1.95 bits per heavy atom. The van der Waals surface area contributed by atoms with E-state index in [0.717, 1.165) is 46.0 Å². The monoisotopic (exact) mass is 408 g/mol. The van der Waals surface area contributed by atoms with Crippen LogP contribution in [0.4, 0.5) is 0 Å². The number of thioether (sulfide) groups is 4. The average molecular weight is 409 g/mol. The highest BCUT2D eigenvalue weighted by Crippen LogP contribution is 2.27. The van der Waals surface area contributed by atoms with E-state index in [9.17, 15) is 0 Å². The molecule has 2 atom stereocenters. The SMILES string of the molecule is N=C(N)SCC(CSCCS)SC(CS)CSCCS. The van der Waals surface area contributed by atoms with E-state index >= 15 is 0 Å². The molecule has 0 aliphatic heterocycles. The third-order valence-electron chi connectivity index (χ3n) is 2.09. The van der Waals surface area contributed by atoms with E-state index in [2.05, 4.69) is 37.9 Å². The van der Waals surface area contributed by atoms with E-state index in [1.807, 2.05) is 35.3 Å². The van der Waals surface area contributed by atoms with Crippen molar-refractivity contribution in [2.75, 3.05) is 46.0 Å². The topological polar surface area (TPSA) is 49.9 Å². The quantitative estimate of drug-likeness (QED) is 0.140. The summed E-state index contributed by atoms with van der Waals surface area (Å²) >= 11 is 20.2. The number of hydrogen-bond donors (Lipinski definition) is 5. The van der Waals surface area contributed by atoms with E-state index < -0.39 is 0 Å². The zero-order chi connectivity index (χ0) is 15.2. The van der Waals surface area contributed by atoms with Crippen LogP contribution in [0.1, 0.15) is 0 Å².